The highest BCUT2D eigenvalue weighted by molar-refractivity contribution is 7.98. The number of oxazole rings is 1. The summed E-state index contributed by atoms with van der Waals surface area (Å²) in [6, 6.07) is 6.01. The van der Waals surface area contributed by atoms with Crippen LogP contribution in [0, 0.1) is 12.7 Å². The Kier molecular flexibility index (Phi) is 3.85. The number of nitrogens with one attached hydrogen (secondary N) is 1. The monoisotopic (exact) mass is 357 g/mol. The second-order valence-corrected chi connectivity index (χ2v) is 6.23. The molecule has 0 unspecified atom stereocenters. The van der Waals surface area contributed by atoms with Crippen molar-refractivity contribution in [1.29, 1.82) is 0 Å². The molecule has 3 aromatic heterocycles. The molecule has 0 saturated heterocycles. The van der Waals surface area contributed by atoms with E-state index in [-0.39, 0.29) is 5.82 Å². The molecule has 0 aliphatic carbocycles. The van der Waals surface area contributed by atoms with Crippen molar-refractivity contribution in [2.24, 2.45) is 0 Å². The van der Waals surface area contributed by atoms with E-state index in [1.165, 1.54) is 34.7 Å². The fraction of sp³-hybridized carbons (Fsp3) is 0.125. The van der Waals surface area contributed by atoms with Crippen molar-refractivity contribution in [2.45, 2.75) is 17.8 Å². The SMILES string of the molecule is Cc1nn2c(=O)[nH]c(SCc3ncco3)nc2c1-c1ccc(F)cc1. The van der Waals surface area contributed by atoms with Crippen molar-refractivity contribution >= 4 is 17.4 Å². The van der Waals surface area contributed by atoms with Crippen molar-refractivity contribution in [3.63, 3.8) is 0 Å². The molecule has 0 aliphatic heterocycles. The van der Waals surface area contributed by atoms with Gasteiger partial charge < -0.3 is 4.42 Å². The molecule has 0 fully saturated rings. The standard InChI is InChI=1S/C16H12FN5O2S/c1-9-13(10-2-4-11(17)5-3-10)14-19-15(20-16(23)22(14)21-9)25-8-12-18-6-7-24-12/h2-7H,8H2,1H3,(H,19,20,23). The van der Waals surface area contributed by atoms with E-state index in [2.05, 4.69) is 20.1 Å². The van der Waals surface area contributed by atoms with Gasteiger partial charge in [-0.25, -0.2) is 19.2 Å². The lowest BCUT2D eigenvalue weighted by atomic mass is 10.1. The zero-order valence-electron chi connectivity index (χ0n) is 13.1. The fourth-order valence-electron chi connectivity index (χ4n) is 2.51. The van der Waals surface area contributed by atoms with Crippen molar-refractivity contribution in [3.05, 3.63) is 64.6 Å². The molecule has 9 heteroatoms. The first-order chi connectivity index (χ1) is 12.1. The quantitative estimate of drug-likeness (QED) is 0.565. The molecule has 0 saturated carbocycles. The molecule has 1 N–H and O–H groups in total. The number of thioether (sulfide) groups is 1. The second-order valence-electron chi connectivity index (χ2n) is 5.26. The van der Waals surface area contributed by atoms with E-state index < -0.39 is 5.69 Å². The number of hydrogen-bond acceptors (Lipinski definition) is 6. The van der Waals surface area contributed by atoms with Crippen LogP contribution in [0.1, 0.15) is 11.6 Å². The lowest BCUT2D eigenvalue weighted by Crippen LogP contribution is -2.19. The summed E-state index contributed by atoms with van der Waals surface area (Å²) in [5, 5.41) is 4.67. The molecule has 25 heavy (non-hydrogen) atoms. The Morgan fingerprint density at radius 1 is 1.32 bits per heavy atom. The van der Waals surface area contributed by atoms with Gasteiger partial charge in [0, 0.05) is 5.56 Å². The molecule has 0 aliphatic rings. The number of aromatic nitrogens is 5. The largest absolute Gasteiger partial charge is 0.448 e. The van der Waals surface area contributed by atoms with E-state index >= 15 is 0 Å². The molecule has 7 nitrogen and oxygen atoms in total. The summed E-state index contributed by atoms with van der Waals surface area (Å²) in [6.45, 7) is 1.78. The number of halogens is 1. The Bertz CT molecular complexity index is 1090. The summed E-state index contributed by atoms with van der Waals surface area (Å²) in [5.41, 5.74) is 2.11. The fourth-order valence-corrected chi connectivity index (χ4v) is 3.22. The second kappa shape index (κ2) is 6.17. The van der Waals surface area contributed by atoms with Crippen LogP contribution in [0.3, 0.4) is 0 Å². The first-order valence-corrected chi connectivity index (χ1v) is 8.37. The number of benzene rings is 1. The number of hydrogen-bond donors (Lipinski definition) is 1. The van der Waals surface area contributed by atoms with Gasteiger partial charge in [0.05, 0.1) is 17.6 Å². The molecule has 0 spiro atoms. The van der Waals surface area contributed by atoms with Crippen molar-refractivity contribution < 1.29 is 8.81 Å². The van der Waals surface area contributed by atoms with Gasteiger partial charge in [0.2, 0.25) is 5.89 Å². The summed E-state index contributed by atoms with van der Waals surface area (Å²) in [6.07, 6.45) is 3.05. The normalized spacial score (nSPS) is 11.3. The predicted octanol–water partition coefficient (Wildman–Crippen LogP) is 2.81. The average Bonchev–Trinajstić information content (AvgIpc) is 3.22. The molecular formula is C16H12FN5O2S. The van der Waals surface area contributed by atoms with Gasteiger partial charge in [0.15, 0.2) is 10.8 Å². The minimum atomic E-state index is -0.392. The van der Waals surface area contributed by atoms with Gasteiger partial charge in [-0.2, -0.15) is 9.61 Å². The van der Waals surface area contributed by atoms with E-state index in [1.54, 1.807) is 25.3 Å². The molecular weight excluding hydrogens is 345 g/mol. The molecule has 4 rings (SSSR count). The van der Waals surface area contributed by atoms with Crippen molar-refractivity contribution in [1.82, 2.24) is 24.6 Å². The minimum Gasteiger partial charge on any atom is -0.448 e. The maximum Gasteiger partial charge on any atom is 0.350 e. The number of fused-ring (bicyclic) bond motifs is 1. The summed E-state index contributed by atoms with van der Waals surface area (Å²) in [4.78, 5) is 23.5. The number of H-pyrrole nitrogens is 1. The Hall–Kier alpha value is -2.94. The maximum absolute atomic E-state index is 13.2. The Morgan fingerprint density at radius 2 is 2.12 bits per heavy atom. The van der Waals surface area contributed by atoms with Crippen LogP contribution < -0.4 is 5.69 Å². The highest BCUT2D eigenvalue weighted by atomic mass is 32.2. The number of aryl methyl sites for hydroxylation is 1. The van der Waals surface area contributed by atoms with E-state index in [9.17, 15) is 9.18 Å². The number of aromatic amines is 1. The first-order valence-electron chi connectivity index (χ1n) is 7.38. The van der Waals surface area contributed by atoms with Gasteiger partial charge in [-0.15, -0.1) is 0 Å². The Balaban J connectivity index is 1.79. The van der Waals surface area contributed by atoms with Crippen LogP contribution >= 0.6 is 11.8 Å². The summed E-state index contributed by atoms with van der Waals surface area (Å²) < 4.78 is 19.6. The molecule has 0 bridgehead atoms. The van der Waals surface area contributed by atoms with Crippen LogP contribution in [-0.4, -0.2) is 24.6 Å². The summed E-state index contributed by atoms with van der Waals surface area (Å²) in [5.74, 6) is 0.646. The smallest absolute Gasteiger partial charge is 0.350 e. The zero-order valence-corrected chi connectivity index (χ0v) is 13.9. The van der Waals surface area contributed by atoms with Gasteiger partial charge in [0.1, 0.15) is 12.1 Å². The number of nitrogens with zero attached hydrogens (tertiary/aromatic N) is 4. The maximum atomic E-state index is 13.2. The Morgan fingerprint density at radius 3 is 2.84 bits per heavy atom. The molecule has 3 heterocycles. The molecule has 1 aromatic carbocycles. The number of rotatable bonds is 4. The third kappa shape index (κ3) is 2.93. The van der Waals surface area contributed by atoms with Gasteiger partial charge in [-0.3, -0.25) is 4.98 Å². The van der Waals surface area contributed by atoms with Crippen LogP contribution in [0.25, 0.3) is 16.8 Å². The molecule has 0 atom stereocenters. The molecule has 0 radical (unpaired) electrons. The van der Waals surface area contributed by atoms with Crippen LogP contribution in [0.2, 0.25) is 0 Å². The van der Waals surface area contributed by atoms with Crippen LogP contribution in [0.15, 0.2) is 51.1 Å². The molecule has 126 valence electrons. The van der Waals surface area contributed by atoms with Crippen LogP contribution in [0.5, 0.6) is 0 Å². The van der Waals surface area contributed by atoms with Gasteiger partial charge in [0.25, 0.3) is 0 Å². The van der Waals surface area contributed by atoms with E-state index in [0.29, 0.717) is 33.7 Å². The summed E-state index contributed by atoms with van der Waals surface area (Å²) >= 11 is 1.30. The average molecular weight is 357 g/mol. The molecule has 0 amide bonds. The minimum absolute atomic E-state index is 0.328. The lowest BCUT2D eigenvalue weighted by molar-refractivity contribution is 0.517. The third-order valence-electron chi connectivity index (χ3n) is 3.60. The topological polar surface area (TPSA) is 89.1 Å². The summed E-state index contributed by atoms with van der Waals surface area (Å²) in [7, 11) is 0. The van der Waals surface area contributed by atoms with E-state index in [0.717, 1.165) is 5.56 Å². The van der Waals surface area contributed by atoms with Gasteiger partial charge >= 0.3 is 5.69 Å². The van der Waals surface area contributed by atoms with Crippen LogP contribution in [-0.2, 0) is 5.75 Å². The predicted molar refractivity (Wildman–Crippen MR) is 89.8 cm³/mol. The van der Waals surface area contributed by atoms with Gasteiger partial charge in [-0.1, -0.05) is 23.9 Å². The highest BCUT2D eigenvalue weighted by Crippen LogP contribution is 2.27. The Labute approximate surface area is 144 Å². The third-order valence-corrected chi connectivity index (χ3v) is 4.46. The zero-order chi connectivity index (χ0) is 17.4. The highest BCUT2D eigenvalue weighted by Gasteiger charge is 2.16. The van der Waals surface area contributed by atoms with Gasteiger partial charge in [-0.05, 0) is 24.6 Å². The first kappa shape index (κ1) is 15.6. The lowest BCUT2D eigenvalue weighted by Gasteiger charge is -2.02. The van der Waals surface area contributed by atoms with Crippen LogP contribution in [0.4, 0.5) is 4.39 Å². The van der Waals surface area contributed by atoms with Crippen molar-refractivity contribution in [2.75, 3.05) is 0 Å². The van der Waals surface area contributed by atoms with E-state index in [4.69, 9.17) is 4.42 Å². The van der Waals surface area contributed by atoms with E-state index in [1.807, 2.05) is 0 Å². The molecule has 4 aromatic rings. The van der Waals surface area contributed by atoms with Crippen molar-refractivity contribution in [3.8, 4) is 11.1 Å².